The number of amides is 1. The molecule has 0 fully saturated rings. The van der Waals surface area contributed by atoms with Crippen LogP contribution in [0, 0.1) is 0 Å². The molecule has 0 heterocycles. The van der Waals surface area contributed by atoms with E-state index in [-0.39, 0.29) is 5.91 Å². The fourth-order valence-corrected chi connectivity index (χ4v) is 1.25. The van der Waals surface area contributed by atoms with Gasteiger partial charge in [-0.3, -0.25) is 4.79 Å². The van der Waals surface area contributed by atoms with Gasteiger partial charge in [-0.1, -0.05) is 12.7 Å². The third kappa shape index (κ3) is 2.84. The Balaban J connectivity index is 3.06. The summed E-state index contributed by atoms with van der Waals surface area (Å²) in [7, 11) is 1.57. The standard InChI is InChI=1S/C12H15NO2/c1-4-9-6-10(12(14)13-5-2)8-11(7-9)15-3/h4,6-8H,1,5H2,2-3H3,(H,13,14). The van der Waals surface area contributed by atoms with Crippen LogP contribution in [-0.4, -0.2) is 19.6 Å². The Hall–Kier alpha value is -1.77. The molecule has 0 aromatic heterocycles. The second-order valence-electron chi connectivity index (χ2n) is 3.06. The Kier molecular flexibility index (Phi) is 3.92. The first-order valence-electron chi connectivity index (χ1n) is 4.81. The molecule has 0 spiro atoms. The van der Waals surface area contributed by atoms with Crippen LogP contribution in [-0.2, 0) is 0 Å². The molecule has 3 nitrogen and oxygen atoms in total. The molecule has 0 aliphatic carbocycles. The van der Waals surface area contributed by atoms with E-state index in [0.29, 0.717) is 17.9 Å². The lowest BCUT2D eigenvalue weighted by atomic mass is 10.1. The molecular weight excluding hydrogens is 190 g/mol. The van der Waals surface area contributed by atoms with E-state index in [1.54, 1.807) is 25.3 Å². The summed E-state index contributed by atoms with van der Waals surface area (Å²) in [5.41, 5.74) is 1.46. The third-order valence-electron chi connectivity index (χ3n) is 2.00. The van der Waals surface area contributed by atoms with E-state index in [0.717, 1.165) is 5.56 Å². The van der Waals surface area contributed by atoms with Crippen LogP contribution in [0.4, 0.5) is 0 Å². The van der Waals surface area contributed by atoms with Gasteiger partial charge >= 0.3 is 0 Å². The summed E-state index contributed by atoms with van der Waals surface area (Å²) in [5.74, 6) is 0.563. The first-order valence-corrected chi connectivity index (χ1v) is 4.81. The molecule has 0 aliphatic heterocycles. The second kappa shape index (κ2) is 5.20. The Labute approximate surface area is 89.8 Å². The first-order chi connectivity index (χ1) is 7.21. The highest BCUT2D eigenvalue weighted by molar-refractivity contribution is 5.95. The summed E-state index contributed by atoms with van der Waals surface area (Å²) in [4.78, 5) is 11.6. The van der Waals surface area contributed by atoms with E-state index in [9.17, 15) is 4.79 Å². The largest absolute Gasteiger partial charge is 0.497 e. The van der Waals surface area contributed by atoms with Crippen LogP contribution in [0.25, 0.3) is 6.08 Å². The van der Waals surface area contributed by atoms with Crippen LogP contribution in [0.5, 0.6) is 5.75 Å². The van der Waals surface area contributed by atoms with Crippen LogP contribution >= 0.6 is 0 Å². The molecule has 15 heavy (non-hydrogen) atoms. The molecule has 0 aliphatic rings. The zero-order valence-electron chi connectivity index (χ0n) is 9.04. The minimum absolute atomic E-state index is 0.0977. The molecule has 1 aromatic rings. The van der Waals surface area contributed by atoms with Crippen molar-refractivity contribution in [2.75, 3.05) is 13.7 Å². The quantitative estimate of drug-likeness (QED) is 0.817. The van der Waals surface area contributed by atoms with Crippen molar-refractivity contribution in [3.05, 3.63) is 35.9 Å². The van der Waals surface area contributed by atoms with Crippen molar-refractivity contribution in [1.29, 1.82) is 0 Å². The molecule has 0 atom stereocenters. The molecule has 1 amide bonds. The molecule has 1 N–H and O–H groups in total. The molecule has 1 rings (SSSR count). The zero-order chi connectivity index (χ0) is 11.3. The van der Waals surface area contributed by atoms with Crippen molar-refractivity contribution >= 4 is 12.0 Å². The summed E-state index contributed by atoms with van der Waals surface area (Å²) in [6, 6.07) is 5.31. The lowest BCUT2D eigenvalue weighted by Gasteiger charge is -2.06. The van der Waals surface area contributed by atoms with Gasteiger partial charge in [0.15, 0.2) is 0 Å². The van der Waals surface area contributed by atoms with Gasteiger partial charge in [0.1, 0.15) is 5.75 Å². The van der Waals surface area contributed by atoms with Gasteiger partial charge in [-0.15, -0.1) is 0 Å². The lowest BCUT2D eigenvalue weighted by Crippen LogP contribution is -2.22. The summed E-state index contributed by atoms with van der Waals surface area (Å²) in [5, 5.41) is 2.74. The summed E-state index contributed by atoms with van der Waals surface area (Å²) in [6.07, 6.45) is 1.69. The van der Waals surface area contributed by atoms with E-state index in [4.69, 9.17) is 4.74 Å². The SMILES string of the molecule is C=Cc1cc(OC)cc(C(=O)NCC)c1. The summed E-state index contributed by atoms with van der Waals surface area (Å²) >= 11 is 0. The van der Waals surface area contributed by atoms with Gasteiger partial charge in [-0.2, -0.15) is 0 Å². The van der Waals surface area contributed by atoms with Crippen LogP contribution in [0.2, 0.25) is 0 Å². The van der Waals surface area contributed by atoms with Gasteiger partial charge in [0.05, 0.1) is 7.11 Å². The van der Waals surface area contributed by atoms with Crippen LogP contribution in [0.1, 0.15) is 22.8 Å². The number of nitrogens with one attached hydrogen (secondary N) is 1. The fraction of sp³-hybridized carbons (Fsp3) is 0.250. The van der Waals surface area contributed by atoms with Crippen molar-refractivity contribution in [1.82, 2.24) is 5.32 Å². The minimum Gasteiger partial charge on any atom is -0.497 e. The van der Waals surface area contributed by atoms with E-state index in [2.05, 4.69) is 11.9 Å². The molecule has 0 saturated carbocycles. The van der Waals surface area contributed by atoms with Crippen molar-refractivity contribution in [3.8, 4) is 5.75 Å². The van der Waals surface area contributed by atoms with Gasteiger partial charge in [0.2, 0.25) is 0 Å². The van der Waals surface area contributed by atoms with Gasteiger partial charge < -0.3 is 10.1 Å². The van der Waals surface area contributed by atoms with Crippen LogP contribution in [0.15, 0.2) is 24.8 Å². The maximum atomic E-state index is 11.6. The fourth-order valence-electron chi connectivity index (χ4n) is 1.25. The molecule has 1 aromatic carbocycles. The predicted octanol–water partition coefficient (Wildman–Crippen LogP) is 2.09. The molecule has 0 saturated heterocycles. The van der Waals surface area contributed by atoms with Crippen molar-refractivity contribution in [2.24, 2.45) is 0 Å². The smallest absolute Gasteiger partial charge is 0.251 e. The number of methoxy groups -OCH3 is 1. The maximum absolute atomic E-state index is 11.6. The summed E-state index contributed by atoms with van der Waals surface area (Å²) in [6.45, 7) is 6.16. The van der Waals surface area contributed by atoms with Crippen LogP contribution < -0.4 is 10.1 Å². The molecule has 0 bridgehead atoms. The van der Waals surface area contributed by atoms with Crippen molar-refractivity contribution < 1.29 is 9.53 Å². The number of hydrogen-bond donors (Lipinski definition) is 1. The number of carbonyl (C=O) groups is 1. The van der Waals surface area contributed by atoms with Crippen molar-refractivity contribution in [3.63, 3.8) is 0 Å². The number of hydrogen-bond acceptors (Lipinski definition) is 2. The Morgan fingerprint density at radius 1 is 1.53 bits per heavy atom. The van der Waals surface area contributed by atoms with Crippen molar-refractivity contribution in [2.45, 2.75) is 6.92 Å². The molecular formula is C12H15NO2. The third-order valence-corrected chi connectivity index (χ3v) is 2.00. The molecule has 80 valence electrons. The Bertz CT molecular complexity index is 372. The second-order valence-corrected chi connectivity index (χ2v) is 3.06. The van der Waals surface area contributed by atoms with E-state index >= 15 is 0 Å². The topological polar surface area (TPSA) is 38.3 Å². The van der Waals surface area contributed by atoms with Gasteiger partial charge in [0.25, 0.3) is 5.91 Å². The van der Waals surface area contributed by atoms with E-state index < -0.39 is 0 Å². The lowest BCUT2D eigenvalue weighted by molar-refractivity contribution is 0.0955. The zero-order valence-corrected chi connectivity index (χ0v) is 9.04. The normalized spacial score (nSPS) is 9.47. The highest BCUT2D eigenvalue weighted by Gasteiger charge is 2.06. The highest BCUT2D eigenvalue weighted by atomic mass is 16.5. The average Bonchev–Trinajstić information content (AvgIpc) is 2.28. The average molecular weight is 205 g/mol. The molecule has 3 heteroatoms. The van der Waals surface area contributed by atoms with Gasteiger partial charge in [0, 0.05) is 12.1 Å². The number of carbonyl (C=O) groups excluding carboxylic acids is 1. The molecule has 0 unspecified atom stereocenters. The van der Waals surface area contributed by atoms with E-state index in [1.807, 2.05) is 13.0 Å². The Morgan fingerprint density at radius 2 is 2.27 bits per heavy atom. The predicted molar refractivity (Wildman–Crippen MR) is 61.1 cm³/mol. The highest BCUT2D eigenvalue weighted by Crippen LogP contribution is 2.17. The molecule has 0 radical (unpaired) electrons. The van der Waals surface area contributed by atoms with Gasteiger partial charge in [-0.25, -0.2) is 0 Å². The summed E-state index contributed by atoms with van der Waals surface area (Å²) < 4.78 is 5.10. The maximum Gasteiger partial charge on any atom is 0.251 e. The number of rotatable bonds is 4. The van der Waals surface area contributed by atoms with Crippen LogP contribution in [0.3, 0.4) is 0 Å². The first kappa shape index (κ1) is 11.3. The van der Waals surface area contributed by atoms with Gasteiger partial charge in [-0.05, 0) is 30.7 Å². The number of benzene rings is 1. The Morgan fingerprint density at radius 3 is 2.80 bits per heavy atom. The van der Waals surface area contributed by atoms with E-state index in [1.165, 1.54) is 0 Å². The number of ether oxygens (including phenoxy) is 1. The monoisotopic (exact) mass is 205 g/mol. The minimum atomic E-state index is -0.0977.